The van der Waals surface area contributed by atoms with Crippen molar-refractivity contribution in [2.45, 2.75) is 32.5 Å². The van der Waals surface area contributed by atoms with Gasteiger partial charge in [-0.2, -0.15) is 0 Å². The Balaban J connectivity index is 2.35. The number of nitro groups is 1. The normalized spacial score (nSPS) is 20.3. The molecule has 1 aliphatic rings. The monoisotopic (exact) mass is 286 g/mol. The summed E-state index contributed by atoms with van der Waals surface area (Å²) in [4.78, 5) is 13.3. The summed E-state index contributed by atoms with van der Waals surface area (Å²) in [5, 5.41) is 21.3. The molecule has 0 radical (unpaired) electrons. The molecule has 1 N–H and O–H groups in total. The lowest BCUT2D eigenvalue weighted by atomic mass is 10.1. The molecule has 1 atom stereocenters. The van der Waals surface area contributed by atoms with Gasteiger partial charge in [-0.25, -0.2) is 0 Å². The number of hydrogen-bond acceptors (Lipinski definition) is 6. The molecule has 7 heteroatoms. The molecule has 1 aliphatic heterocycles. The van der Waals surface area contributed by atoms with E-state index in [0.717, 1.165) is 0 Å². The van der Waals surface area contributed by atoms with Gasteiger partial charge in [-0.05, 0) is 20.8 Å². The Morgan fingerprint density at radius 3 is 2.84 bits per heavy atom. The molecular formula is C12H18N2O4S. The lowest BCUT2D eigenvalue weighted by molar-refractivity contribution is -0.383. The molecule has 0 aliphatic carbocycles. The van der Waals surface area contributed by atoms with Crippen molar-refractivity contribution in [1.82, 2.24) is 0 Å². The molecule has 106 valence electrons. The Morgan fingerprint density at radius 2 is 2.32 bits per heavy atom. The molecule has 1 saturated heterocycles. The van der Waals surface area contributed by atoms with Crippen LogP contribution in [0.3, 0.4) is 0 Å². The topological polar surface area (TPSA) is 75.8 Å². The van der Waals surface area contributed by atoms with Crippen LogP contribution in [0.25, 0.3) is 0 Å². The molecule has 1 aromatic heterocycles. The predicted octanol–water partition coefficient (Wildman–Crippen LogP) is 2.32. The molecule has 1 fully saturated rings. The van der Waals surface area contributed by atoms with Gasteiger partial charge in [0.1, 0.15) is 0 Å². The van der Waals surface area contributed by atoms with Crippen LogP contribution in [0.15, 0.2) is 6.07 Å². The van der Waals surface area contributed by atoms with Crippen LogP contribution in [0.2, 0.25) is 0 Å². The van der Waals surface area contributed by atoms with Crippen LogP contribution >= 0.6 is 11.3 Å². The fraction of sp³-hybridized carbons (Fsp3) is 0.667. The quantitative estimate of drug-likeness (QED) is 0.681. The molecule has 0 bridgehead atoms. The van der Waals surface area contributed by atoms with Gasteiger partial charge in [-0.1, -0.05) is 0 Å². The van der Waals surface area contributed by atoms with Gasteiger partial charge < -0.3 is 14.7 Å². The molecule has 2 rings (SSSR count). The molecule has 1 aromatic rings. The summed E-state index contributed by atoms with van der Waals surface area (Å²) in [7, 11) is 0. The summed E-state index contributed by atoms with van der Waals surface area (Å²) >= 11 is 1.28. The lowest BCUT2D eigenvalue weighted by Gasteiger charge is -2.38. The molecular weight excluding hydrogens is 268 g/mol. The molecule has 0 saturated carbocycles. The molecule has 0 spiro atoms. The highest BCUT2D eigenvalue weighted by Gasteiger charge is 2.32. The van der Waals surface area contributed by atoms with E-state index >= 15 is 0 Å². The second-order valence-corrected chi connectivity index (χ2v) is 6.36. The highest BCUT2D eigenvalue weighted by Crippen LogP contribution is 2.41. The van der Waals surface area contributed by atoms with Crippen molar-refractivity contribution in [3.8, 4) is 0 Å². The number of nitrogens with zero attached hydrogens (tertiary/aromatic N) is 2. The smallest absolute Gasteiger partial charge is 0.304 e. The van der Waals surface area contributed by atoms with E-state index in [-0.39, 0.29) is 16.2 Å². The highest BCUT2D eigenvalue weighted by atomic mass is 32.1. The second kappa shape index (κ2) is 5.07. The van der Waals surface area contributed by atoms with E-state index in [1.807, 2.05) is 18.7 Å². The minimum Gasteiger partial charge on any atom is -0.388 e. The van der Waals surface area contributed by atoms with Gasteiger partial charge in [-0.3, -0.25) is 10.1 Å². The van der Waals surface area contributed by atoms with Crippen LogP contribution in [0.5, 0.6) is 0 Å². The maximum Gasteiger partial charge on any atom is 0.304 e. The third-order valence-electron chi connectivity index (χ3n) is 3.03. The van der Waals surface area contributed by atoms with Crippen molar-refractivity contribution in [2.75, 3.05) is 24.6 Å². The first-order valence-electron chi connectivity index (χ1n) is 6.15. The Bertz CT molecular complexity index is 484. The maximum atomic E-state index is 11.1. The fourth-order valence-corrected chi connectivity index (χ4v) is 3.23. The number of hydrogen-bond donors (Lipinski definition) is 1. The average molecular weight is 286 g/mol. The number of thiophene rings is 1. The van der Waals surface area contributed by atoms with Crippen LogP contribution in [-0.2, 0) is 4.74 Å². The number of aliphatic hydroxyl groups excluding tert-OH is 1. The Hall–Kier alpha value is -1.18. The van der Waals surface area contributed by atoms with E-state index in [2.05, 4.69) is 0 Å². The number of morpholine rings is 1. The maximum absolute atomic E-state index is 11.1. The highest BCUT2D eigenvalue weighted by molar-refractivity contribution is 7.16. The third kappa shape index (κ3) is 3.05. The predicted molar refractivity (Wildman–Crippen MR) is 73.9 cm³/mol. The van der Waals surface area contributed by atoms with Crippen molar-refractivity contribution >= 4 is 22.0 Å². The minimum atomic E-state index is -0.688. The summed E-state index contributed by atoms with van der Waals surface area (Å²) < 4.78 is 5.62. The van der Waals surface area contributed by atoms with Crippen molar-refractivity contribution in [3.05, 3.63) is 21.1 Å². The van der Waals surface area contributed by atoms with E-state index in [1.165, 1.54) is 17.4 Å². The zero-order valence-corrected chi connectivity index (χ0v) is 12.1. The van der Waals surface area contributed by atoms with Crippen LogP contribution in [-0.4, -0.2) is 35.3 Å². The fourth-order valence-electron chi connectivity index (χ4n) is 2.14. The van der Waals surface area contributed by atoms with Gasteiger partial charge in [0.05, 0.1) is 23.2 Å². The van der Waals surface area contributed by atoms with Crippen molar-refractivity contribution in [2.24, 2.45) is 0 Å². The first-order valence-corrected chi connectivity index (χ1v) is 6.97. The number of anilines is 1. The Kier molecular flexibility index (Phi) is 3.80. The van der Waals surface area contributed by atoms with E-state index < -0.39 is 6.10 Å². The lowest BCUT2D eigenvalue weighted by Crippen LogP contribution is -2.48. The van der Waals surface area contributed by atoms with Gasteiger partial charge >= 0.3 is 5.69 Å². The van der Waals surface area contributed by atoms with Crippen LogP contribution in [0.4, 0.5) is 10.7 Å². The Morgan fingerprint density at radius 1 is 1.63 bits per heavy atom. The first-order chi connectivity index (χ1) is 8.80. The van der Waals surface area contributed by atoms with Gasteiger partial charge in [0.15, 0.2) is 5.00 Å². The van der Waals surface area contributed by atoms with E-state index in [9.17, 15) is 15.2 Å². The zero-order valence-electron chi connectivity index (χ0n) is 11.3. The van der Waals surface area contributed by atoms with E-state index in [1.54, 1.807) is 6.92 Å². The zero-order chi connectivity index (χ0) is 14.2. The van der Waals surface area contributed by atoms with Crippen molar-refractivity contribution < 1.29 is 14.8 Å². The van der Waals surface area contributed by atoms with Gasteiger partial charge in [-0.15, -0.1) is 11.3 Å². The third-order valence-corrected chi connectivity index (χ3v) is 4.39. The molecule has 6 nitrogen and oxygen atoms in total. The van der Waals surface area contributed by atoms with Crippen molar-refractivity contribution in [3.63, 3.8) is 0 Å². The van der Waals surface area contributed by atoms with Gasteiger partial charge in [0.25, 0.3) is 0 Å². The van der Waals surface area contributed by atoms with Crippen molar-refractivity contribution in [1.29, 1.82) is 0 Å². The van der Waals surface area contributed by atoms with E-state index in [4.69, 9.17) is 4.74 Å². The first kappa shape index (κ1) is 14.2. The van der Waals surface area contributed by atoms with Crippen LogP contribution < -0.4 is 4.90 Å². The summed E-state index contributed by atoms with van der Waals surface area (Å²) in [5.74, 6) is 0. The second-order valence-electron chi connectivity index (χ2n) is 5.30. The molecule has 1 unspecified atom stereocenters. The van der Waals surface area contributed by atoms with Crippen LogP contribution in [0.1, 0.15) is 31.8 Å². The summed E-state index contributed by atoms with van der Waals surface area (Å²) in [6.45, 7) is 7.33. The van der Waals surface area contributed by atoms with Gasteiger partial charge in [0, 0.05) is 24.0 Å². The Labute approximate surface area is 115 Å². The SMILES string of the molecule is CC(O)c1cc([N+](=O)[O-])c(N2CCOC(C)(C)C2)s1. The molecule has 0 amide bonds. The molecule has 2 heterocycles. The van der Waals surface area contributed by atoms with Crippen LogP contribution in [0, 0.1) is 10.1 Å². The number of ether oxygens (including phenoxy) is 1. The standard InChI is InChI=1S/C12H18N2O4S/c1-8(15)10-6-9(14(16)17)11(19-10)13-4-5-18-12(2,3)7-13/h6,8,15H,4-5,7H2,1-3H3. The average Bonchev–Trinajstić information content (AvgIpc) is 2.72. The summed E-state index contributed by atoms with van der Waals surface area (Å²) in [5.41, 5.74) is -0.250. The largest absolute Gasteiger partial charge is 0.388 e. The number of aliphatic hydroxyl groups is 1. The minimum absolute atomic E-state index is 0.0681. The summed E-state index contributed by atoms with van der Waals surface area (Å²) in [6.07, 6.45) is -0.688. The molecule has 0 aromatic carbocycles. The summed E-state index contributed by atoms with van der Waals surface area (Å²) in [6, 6.07) is 1.47. The van der Waals surface area contributed by atoms with E-state index in [0.29, 0.717) is 29.6 Å². The van der Waals surface area contributed by atoms with Gasteiger partial charge in [0.2, 0.25) is 0 Å². The number of rotatable bonds is 3. The molecule has 19 heavy (non-hydrogen) atoms.